The Kier molecular flexibility index (Phi) is 4.31. The van der Waals surface area contributed by atoms with Crippen molar-refractivity contribution in [3.05, 3.63) is 0 Å². The smallest absolute Gasteiger partial charge is 0.0173 e. The molecule has 1 N–H and O–H groups in total. The Balaban J connectivity index is 2.05. The fourth-order valence-corrected chi connectivity index (χ4v) is 2.52. The summed E-state index contributed by atoms with van der Waals surface area (Å²) in [4.78, 5) is 0. The first-order chi connectivity index (χ1) is 5.29. The summed E-state index contributed by atoms with van der Waals surface area (Å²) in [5.74, 6) is 2.17. The second kappa shape index (κ2) is 5.04. The van der Waals surface area contributed by atoms with Gasteiger partial charge in [-0.05, 0) is 31.1 Å². The molecule has 0 radical (unpaired) electrons. The Hall–Kier alpha value is 0.310. The molecule has 11 heavy (non-hydrogen) atoms. The highest BCUT2D eigenvalue weighted by Crippen LogP contribution is 2.20. The van der Waals surface area contributed by atoms with Crippen LogP contribution in [-0.4, -0.2) is 24.1 Å². The zero-order valence-electron chi connectivity index (χ0n) is 7.60. The minimum atomic E-state index is 0.849. The molecule has 0 saturated carbocycles. The van der Waals surface area contributed by atoms with Crippen molar-refractivity contribution in [3.8, 4) is 0 Å². The lowest BCUT2D eigenvalue weighted by molar-refractivity contribution is 0.530. The maximum atomic E-state index is 3.44. The van der Waals surface area contributed by atoms with Crippen molar-refractivity contribution in [1.29, 1.82) is 0 Å². The summed E-state index contributed by atoms with van der Waals surface area (Å²) in [5, 5.41) is 4.33. The van der Waals surface area contributed by atoms with Crippen LogP contribution in [0.1, 0.15) is 26.7 Å². The third-order valence-corrected chi connectivity index (χ3v) is 3.65. The molecule has 1 rings (SSSR count). The first-order valence-electron chi connectivity index (χ1n) is 4.61. The van der Waals surface area contributed by atoms with Crippen LogP contribution in [0, 0.1) is 5.92 Å². The van der Waals surface area contributed by atoms with E-state index in [4.69, 9.17) is 0 Å². The molecular formula is C9H19NS. The van der Waals surface area contributed by atoms with Crippen LogP contribution >= 0.6 is 11.8 Å². The summed E-state index contributed by atoms with van der Waals surface area (Å²) < 4.78 is 0. The Bertz CT molecular complexity index is 97.7. The van der Waals surface area contributed by atoms with E-state index in [0.717, 1.165) is 11.2 Å². The van der Waals surface area contributed by atoms with Crippen LogP contribution in [0.3, 0.4) is 0 Å². The second-order valence-electron chi connectivity index (χ2n) is 3.70. The van der Waals surface area contributed by atoms with Gasteiger partial charge in [0.25, 0.3) is 0 Å². The molecule has 1 aliphatic heterocycles. The van der Waals surface area contributed by atoms with Crippen LogP contribution in [0.2, 0.25) is 0 Å². The van der Waals surface area contributed by atoms with Crippen molar-refractivity contribution < 1.29 is 0 Å². The summed E-state index contributed by atoms with van der Waals surface area (Å²) in [6.45, 7) is 7.06. The highest BCUT2D eigenvalue weighted by Gasteiger charge is 2.12. The molecule has 0 bridgehead atoms. The normalized spacial score (nSPS) is 25.9. The van der Waals surface area contributed by atoms with Gasteiger partial charge in [0.1, 0.15) is 0 Å². The first-order valence-corrected chi connectivity index (χ1v) is 5.66. The molecule has 1 fully saturated rings. The minimum absolute atomic E-state index is 0.849. The predicted molar refractivity (Wildman–Crippen MR) is 53.2 cm³/mol. The molecule has 1 atom stereocenters. The van der Waals surface area contributed by atoms with Crippen LogP contribution in [0.5, 0.6) is 0 Å². The van der Waals surface area contributed by atoms with Gasteiger partial charge in [0, 0.05) is 11.8 Å². The number of thioether (sulfide) groups is 1. The van der Waals surface area contributed by atoms with E-state index in [-0.39, 0.29) is 0 Å². The molecule has 1 aliphatic rings. The Morgan fingerprint density at radius 2 is 2.36 bits per heavy atom. The van der Waals surface area contributed by atoms with Crippen molar-refractivity contribution >= 4 is 11.8 Å². The standard InChI is InChI=1S/C9H19NS/c1-8(2)7-11-9-4-3-5-10-6-9/h8-10H,3-7H2,1-2H3. The lowest BCUT2D eigenvalue weighted by Crippen LogP contribution is -2.31. The molecule has 0 aromatic rings. The van der Waals surface area contributed by atoms with Gasteiger partial charge in [0.05, 0.1) is 0 Å². The fraction of sp³-hybridized carbons (Fsp3) is 1.00. The highest BCUT2D eigenvalue weighted by molar-refractivity contribution is 7.99. The molecule has 0 aromatic heterocycles. The fourth-order valence-electron chi connectivity index (χ4n) is 1.29. The molecule has 2 heteroatoms. The Morgan fingerprint density at radius 3 is 2.91 bits per heavy atom. The molecule has 1 heterocycles. The van der Waals surface area contributed by atoms with Crippen LogP contribution in [-0.2, 0) is 0 Å². The van der Waals surface area contributed by atoms with Crippen molar-refractivity contribution in [2.45, 2.75) is 31.9 Å². The van der Waals surface area contributed by atoms with Gasteiger partial charge in [-0.2, -0.15) is 11.8 Å². The zero-order chi connectivity index (χ0) is 8.10. The average Bonchev–Trinajstić information content (AvgIpc) is 2.03. The lowest BCUT2D eigenvalue weighted by atomic mass is 10.2. The van der Waals surface area contributed by atoms with E-state index in [1.165, 1.54) is 31.7 Å². The summed E-state index contributed by atoms with van der Waals surface area (Å²) in [5.41, 5.74) is 0. The zero-order valence-corrected chi connectivity index (χ0v) is 8.41. The maximum Gasteiger partial charge on any atom is 0.0173 e. The van der Waals surface area contributed by atoms with Crippen molar-refractivity contribution in [1.82, 2.24) is 5.32 Å². The molecule has 1 saturated heterocycles. The monoisotopic (exact) mass is 173 g/mol. The van der Waals surface area contributed by atoms with Crippen molar-refractivity contribution in [2.24, 2.45) is 5.92 Å². The van der Waals surface area contributed by atoms with Crippen molar-refractivity contribution in [3.63, 3.8) is 0 Å². The van der Waals surface area contributed by atoms with Gasteiger partial charge in [-0.15, -0.1) is 0 Å². The van der Waals surface area contributed by atoms with Crippen molar-refractivity contribution in [2.75, 3.05) is 18.8 Å². The van der Waals surface area contributed by atoms with E-state index < -0.39 is 0 Å². The highest BCUT2D eigenvalue weighted by atomic mass is 32.2. The molecule has 0 spiro atoms. The summed E-state index contributed by atoms with van der Waals surface area (Å²) >= 11 is 2.14. The van der Waals surface area contributed by atoms with Crippen LogP contribution < -0.4 is 5.32 Å². The number of rotatable bonds is 3. The predicted octanol–water partition coefficient (Wildman–Crippen LogP) is 2.13. The Morgan fingerprint density at radius 1 is 1.55 bits per heavy atom. The van der Waals surface area contributed by atoms with Gasteiger partial charge in [-0.25, -0.2) is 0 Å². The van der Waals surface area contributed by atoms with E-state index in [2.05, 4.69) is 30.9 Å². The van der Waals surface area contributed by atoms with E-state index >= 15 is 0 Å². The van der Waals surface area contributed by atoms with Crippen LogP contribution in [0.4, 0.5) is 0 Å². The summed E-state index contributed by atoms with van der Waals surface area (Å²) in [6.07, 6.45) is 2.79. The maximum absolute atomic E-state index is 3.44. The Labute approximate surface area is 74.3 Å². The van der Waals surface area contributed by atoms with Gasteiger partial charge in [-0.1, -0.05) is 13.8 Å². The largest absolute Gasteiger partial charge is 0.316 e. The van der Waals surface area contributed by atoms with E-state index in [1.807, 2.05) is 0 Å². The third kappa shape index (κ3) is 4.02. The average molecular weight is 173 g/mol. The first kappa shape index (κ1) is 9.40. The number of piperidine rings is 1. The molecule has 66 valence electrons. The van der Waals surface area contributed by atoms with Gasteiger partial charge >= 0.3 is 0 Å². The van der Waals surface area contributed by atoms with Gasteiger partial charge in [0.2, 0.25) is 0 Å². The molecule has 0 aromatic carbocycles. The van der Waals surface area contributed by atoms with Gasteiger partial charge < -0.3 is 5.32 Å². The van der Waals surface area contributed by atoms with E-state index in [9.17, 15) is 0 Å². The minimum Gasteiger partial charge on any atom is -0.316 e. The summed E-state index contributed by atoms with van der Waals surface area (Å²) in [7, 11) is 0. The molecule has 0 amide bonds. The SMILES string of the molecule is CC(C)CSC1CCCNC1. The van der Waals surface area contributed by atoms with Gasteiger partial charge in [-0.3, -0.25) is 0 Å². The second-order valence-corrected chi connectivity index (χ2v) is 5.03. The molecular weight excluding hydrogens is 154 g/mol. The quantitative estimate of drug-likeness (QED) is 0.701. The number of nitrogens with one attached hydrogen (secondary N) is 1. The molecule has 1 unspecified atom stereocenters. The van der Waals surface area contributed by atoms with Crippen LogP contribution in [0.25, 0.3) is 0 Å². The molecule has 1 nitrogen and oxygen atoms in total. The molecule has 0 aliphatic carbocycles. The van der Waals surface area contributed by atoms with Crippen LogP contribution in [0.15, 0.2) is 0 Å². The number of hydrogen-bond donors (Lipinski definition) is 1. The third-order valence-electron chi connectivity index (χ3n) is 1.92. The lowest BCUT2D eigenvalue weighted by Gasteiger charge is -2.22. The van der Waals surface area contributed by atoms with Gasteiger partial charge in [0.15, 0.2) is 0 Å². The van der Waals surface area contributed by atoms with E-state index in [1.54, 1.807) is 0 Å². The van der Waals surface area contributed by atoms with E-state index in [0.29, 0.717) is 0 Å². The summed E-state index contributed by atoms with van der Waals surface area (Å²) in [6, 6.07) is 0. The number of hydrogen-bond acceptors (Lipinski definition) is 2. The topological polar surface area (TPSA) is 12.0 Å².